The lowest BCUT2D eigenvalue weighted by Gasteiger charge is -2.09. The largest absolute Gasteiger partial charge is 0.382 e. The maximum atomic E-state index is 5.33. The monoisotopic (exact) mass is 277 g/mol. The van der Waals surface area contributed by atoms with E-state index in [9.17, 15) is 0 Å². The lowest BCUT2D eigenvalue weighted by Crippen LogP contribution is -2.10. The van der Waals surface area contributed by atoms with Crippen molar-refractivity contribution in [2.45, 2.75) is 26.7 Å². The van der Waals surface area contributed by atoms with Crippen LogP contribution in [0.1, 0.15) is 26.0 Å². The minimum absolute atomic E-state index is 0.768. The van der Waals surface area contributed by atoms with Crippen molar-refractivity contribution in [3.63, 3.8) is 0 Å². The van der Waals surface area contributed by atoms with Crippen molar-refractivity contribution < 1.29 is 4.74 Å². The lowest BCUT2D eigenvalue weighted by molar-refractivity contribution is 0.147. The number of imidazole rings is 1. The number of rotatable bonds is 8. The van der Waals surface area contributed by atoms with Gasteiger partial charge in [0, 0.05) is 45.4 Å². The maximum Gasteiger partial charge on any atom is 0.207 e. The molecule has 0 aliphatic rings. The number of anilines is 1. The van der Waals surface area contributed by atoms with Crippen molar-refractivity contribution in [1.29, 1.82) is 0 Å². The average molecular weight is 277 g/mol. The van der Waals surface area contributed by atoms with Crippen molar-refractivity contribution >= 4 is 5.95 Å². The van der Waals surface area contributed by atoms with Crippen LogP contribution in [0.25, 0.3) is 5.69 Å². The molecule has 0 saturated heterocycles. The van der Waals surface area contributed by atoms with Crippen molar-refractivity contribution in [3.05, 3.63) is 24.3 Å². The number of hydrogen-bond donors (Lipinski definition) is 1. The summed E-state index contributed by atoms with van der Waals surface area (Å²) in [7, 11) is 1.94. The second kappa shape index (κ2) is 7.09. The minimum atomic E-state index is 0.768. The molecule has 0 fully saturated rings. The van der Waals surface area contributed by atoms with Crippen LogP contribution in [0.2, 0.25) is 0 Å². The molecule has 1 N–H and O–H groups in total. The molecule has 2 aromatic heterocycles. The molecule has 0 amide bonds. The Balaban J connectivity index is 2.04. The van der Waals surface area contributed by atoms with Gasteiger partial charge in [0.05, 0.1) is 11.4 Å². The van der Waals surface area contributed by atoms with E-state index in [0.717, 1.165) is 49.9 Å². The summed E-state index contributed by atoms with van der Waals surface area (Å²) in [5, 5.41) is 7.81. The summed E-state index contributed by atoms with van der Waals surface area (Å²) in [4.78, 5) is 4.37. The number of nitrogens with zero attached hydrogens (tertiary/aromatic N) is 4. The van der Waals surface area contributed by atoms with Gasteiger partial charge < -0.3 is 10.1 Å². The van der Waals surface area contributed by atoms with Crippen LogP contribution < -0.4 is 5.32 Å². The van der Waals surface area contributed by atoms with E-state index >= 15 is 0 Å². The van der Waals surface area contributed by atoms with Crippen molar-refractivity contribution in [1.82, 2.24) is 19.3 Å². The normalized spacial score (nSPS) is 10.9. The van der Waals surface area contributed by atoms with Crippen LogP contribution in [0.4, 0.5) is 5.95 Å². The van der Waals surface area contributed by atoms with Gasteiger partial charge in [-0.25, -0.2) is 4.98 Å². The van der Waals surface area contributed by atoms with E-state index in [2.05, 4.69) is 22.3 Å². The Labute approximate surface area is 119 Å². The van der Waals surface area contributed by atoms with Crippen LogP contribution >= 0.6 is 0 Å². The highest BCUT2D eigenvalue weighted by Crippen LogP contribution is 2.18. The number of aromatic nitrogens is 4. The fraction of sp³-hybridized carbons (Fsp3) is 0.571. The Kier molecular flexibility index (Phi) is 5.17. The molecule has 0 bridgehead atoms. The quantitative estimate of drug-likeness (QED) is 0.750. The van der Waals surface area contributed by atoms with Crippen molar-refractivity contribution in [3.8, 4) is 5.69 Å². The Morgan fingerprint density at radius 2 is 2.20 bits per heavy atom. The van der Waals surface area contributed by atoms with Gasteiger partial charge in [-0.15, -0.1) is 0 Å². The molecule has 6 nitrogen and oxygen atoms in total. The molecular formula is C14H23N5O. The molecule has 2 heterocycles. The van der Waals surface area contributed by atoms with Gasteiger partial charge in [-0.1, -0.05) is 6.92 Å². The molecule has 0 unspecified atom stereocenters. The van der Waals surface area contributed by atoms with E-state index in [4.69, 9.17) is 4.74 Å². The van der Waals surface area contributed by atoms with Gasteiger partial charge >= 0.3 is 0 Å². The lowest BCUT2D eigenvalue weighted by atomic mass is 10.3. The predicted octanol–water partition coefficient (Wildman–Crippen LogP) is 2.01. The molecule has 6 heteroatoms. The summed E-state index contributed by atoms with van der Waals surface area (Å²) < 4.78 is 9.22. The third-order valence-corrected chi connectivity index (χ3v) is 3.07. The molecule has 0 aromatic carbocycles. The highest BCUT2D eigenvalue weighted by molar-refractivity contribution is 5.43. The van der Waals surface area contributed by atoms with Gasteiger partial charge in [-0.3, -0.25) is 9.25 Å². The first-order valence-corrected chi connectivity index (χ1v) is 7.14. The van der Waals surface area contributed by atoms with Gasteiger partial charge in [0.1, 0.15) is 0 Å². The third kappa shape index (κ3) is 3.39. The van der Waals surface area contributed by atoms with Crippen LogP contribution in [0, 0.1) is 0 Å². The third-order valence-electron chi connectivity index (χ3n) is 3.07. The second-order valence-corrected chi connectivity index (χ2v) is 4.59. The second-order valence-electron chi connectivity index (χ2n) is 4.59. The van der Waals surface area contributed by atoms with Crippen LogP contribution in [-0.4, -0.2) is 39.1 Å². The van der Waals surface area contributed by atoms with E-state index in [-0.39, 0.29) is 0 Å². The number of nitrogens with one attached hydrogen (secondary N) is 1. The Morgan fingerprint density at radius 3 is 2.95 bits per heavy atom. The Morgan fingerprint density at radius 1 is 1.35 bits per heavy atom. The highest BCUT2D eigenvalue weighted by atomic mass is 16.5. The van der Waals surface area contributed by atoms with Gasteiger partial charge in [0.25, 0.3) is 0 Å². The average Bonchev–Trinajstić information content (AvgIpc) is 3.04. The number of hydrogen-bond acceptors (Lipinski definition) is 4. The summed E-state index contributed by atoms with van der Waals surface area (Å²) in [6.45, 7) is 6.51. The molecular weight excluding hydrogens is 254 g/mol. The molecule has 0 aliphatic carbocycles. The van der Waals surface area contributed by atoms with E-state index in [1.54, 1.807) is 6.20 Å². The minimum Gasteiger partial charge on any atom is -0.382 e. The van der Waals surface area contributed by atoms with Gasteiger partial charge in [0.2, 0.25) is 5.95 Å². The molecule has 2 aromatic rings. The zero-order chi connectivity index (χ0) is 14.4. The fourth-order valence-electron chi connectivity index (χ4n) is 2.12. The standard InChI is InChI=1S/C14H23N5O/c1-4-12-13(11-18(3)17-12)19-9-8-16-14(19)15-7-6-10-20-5-2/h8-9,11H,4-7,10H2,1-3H3,(H,15,16). The topological polar surface area (TPSA) is 56.9 Å². The molecule has 0 spiro atoms. The molecule has 2 rings (SSSR count). The molecule has 0 aliphatic heterocycles. The van der Waals surface area contributed by atoms with Crippen LogP contribution in [0.3, 0.4) is 0 Å². The van der Waals surface area contributed by atoms with Gasteiger partial charge in [-0.05, 0) is 19.8 Å². The van der Waals surface area contributed by atoms with E-state index < -0.39 is 0 Å². The first kappa shape index (κ1) is 14.6. The highest BCUT2D eigenvalue weighted by Gasteiger charge is 2.11. The van der Waals surface area contributed by atoms with Gasteiger partial charge in [0.15, 0.2) is 0 Å². The van der Waals surface area contributed by atoms with Crippen LogP contribution in [0.15, 0.2) is 18.6 Å². The Hall–Kier alpha value is -1.82. The predicted molar refractivity (Wildman–Crippen MR) is 79.3 cm³/mol. The van der Waals surface area contributed by atoms with Crippen molar-refractivity contribution in [2.75, 3.05) is 25.1 Å². The number of aryl methyl sites for hydroxylation is 2. The molecule has 20 heavy (non-hydrogen) atoms. The zero-order valence-electron chi connectivity index (χ0n) is 12.5. The summed E-state index contributed by atoms with van der Waals surface area (Å²) in [6.07, 6.45) is 7.65. The maximum absolute atomic E-state index is 5.33. The van der Waals surface area contributed by atoms with Crippen LogP contribution in [-0.2, 0) is 18.2 Å². The Bertz CT molecular complexity index is 531. The van der Waals surface area contributed by atoms with Crippen LogP contribution in [0.5, 0.6) is 0 Å². The summed E-state index contributed by atoms with van der Waals surface area (Å²) in [5.74, 6) is 0.851. The molecule has 0 radical (unpaired) electrons. The van der Waals surface area contributed by atoms with Crippen molar-refractivity contribution in [2.24, 2.45) is 7.05 Å². The van der Waals surface area contributed by atoms with E-state index in [1.165, 1.54) is 0 Å². The smallest absolute Gasteiger partial charge is 0.207 e. The van der Waals surface area contributed by atoms with E-state index in [0.29, 0.717) is 0 Å². The summed E-state index contributed by atoms with van der Waals surface area (Å²) >= 11 is 0. The summed E-state index contributed by atoms with van der Waals surface area (Å²) in [5.41, 5.74) is 2.16. The molecule has 110 valence electrons. The first-order valence-electron chi connectivity index (χ1n) is 7.14. The molecule has 0 atom stereocenters. The van der Waals surface area contributed by atoms with E-state index in [1.807, 2.05) is 35.6 Å². The van der Waals surface area contributed by atoms with Gasteiger partial charge in [-0.2, -0.15) is 5.10 Å². The zero-order valence-corrected chi connectivity index (χ0v) is 12.5. The SMILES string of the molecule is CCOCCCNc1nccn1-c1cn(C)nc1CC. The number of ether oxygens (including phenoxy) is 1. The molecule has 0 saturated carbocycles. The fourth-order valence-corrected chi connectivity index (χ4v) is 2.12. The summed E-state index contributed by atoms with van der Waals surface area (Å²) in [6, 6.07) is 0. The first-order chi connectivity index (χ1) is 9.76.